The first-order chi connectivity index (χ1) is 7.74. The first-order valence-corrected chi connectivity index (χ1v) is 5.61. The maximum Gasteiger partial charge on any atom is 0.253 e. The average molecular weight is 303 g/mol. The van der Waals surface area contributed by atoms with Crippen molar-refractivity contribution in [1.82, 2.24) is 5.32 Å². The lowest BCUT2D eigenvalue weighted by Crippen LogP contribution is -2.53. The van der Waals surface area contributed by atoms with Gasteiger partial charge in [0.2, 0.25) is 5.91 Å². The lowest BCUT2D eigenvalue weighted by atomic mass is 10.0. The molecular formula is C11H12BrFN2O2. The van der Waals surface area contributed by atoms with Gasteiger partial charge < -0.3 is 11.1 Å². The summed E-state index contributed by atoms with van der Waals surface area (Å²) >= 11 is 3.13. The van der Waals surface area contributed by atoms with E-state index in [4.69, 9.17) is 5.73 Å². The smallest absolute Gasteiger partial charge is 0.253 e. The van der Waals surface area contributed by atoms with Gasteiger partial charge in [-0.3, -0.25) is 9.59 Å². The third-order valence-corrected chi connectivity index (χ3v) is 2.91. The van der Waals surface area contributed by atoms with Crippen molar-refractivity contribution >= 4 is 27.7 Å². The van der Waals surface area contributed by atoms with Crippen LogP contribution in [0, 0.1) is 5.82 Å². The normalized spacial score (nSPS) is 11.1. The number of hydrogen-bond donors (Lipinski definition) is 2. The van der Waals surface area contributed by atoms with Crippen molar-refractivity contribution < 1.29 is 14.0 Å². The molecule has 0 atom stereocenters. The Morgan fingerprint density at radius 1 is 1.41 bits per heavy atom. The standard InChI is InChI=1S/C11H12BrFN2O2/c1-11(2,10(14)17)15-9(16)7-5-6(13)3-4-8(7)12/h3-5H,1-2H3,(H2,14,17)(H,15,16). The number of amides is 2. The van der Waals surface area contributed by atoms with Crippen LogP contribution in [-0.4, -0.2) is 17.4 Å². The van der Waals surface area contributed by atoms with Crippen molar-refractivity contribution in [3.8, 4) is 0 Å². The van der Waals surface area contributed by atoms with Crippen molar-refractivity contribution in [2.24, 2.45) is 5.73 Å². The van der Waals surface area contributed by atoms with E-state index in [9.17, 15) is 14.0 Å². The second-order valence-corrected chi connectivity index (χ2v) is 4.92. The van der Waals surface area contributed by atoms with E-state index in [-0.39, 0.29) is 5.56 Å². The summed E-state index contributed by atoms with van der Waals surface area (Å²) < 4.78 is 13.4. The van der Waals surface area contributed by atoms with Gasteiger partial charge in [-0.2, -0.15) is 0 Å². The van der Waals surface area contributed by atoms with E-state index in [0.29, 0.717) is 4.47 Å². The van der Waals surface area contributed by atoms with Crippen LogP contribution in [0.4, 0.5) is 4.39 Å². The molecule has 1 aromatic carbocycles. The minimum atomic E-state index is -1.19. The molecule has 0 fully saturated rings. The number of benzene rings is 1. The molecule has 92 valence electrons. The van der Waals surface area contributed by atoms with Gasteiger partial charge in [-0.15, -0.1) is 0 Å². The van der Waals surface area contributed by atoms with E-state index in [1.165, 1.54) is 26.0 Å². The molecule has 3 N–H and O–H groups in total. The Hall–Kier alpha value is -1.43. The van der Waals surface area contributed by atoms with Crippen LogP contribution in [0.25, 0.3) is 0 Å². The first kappa shape index (κ1) is 13.6. The lowest BCUT2D eigenvalue weighted by Gasteiger charge is -2.22. The fourth-order valence-electron chi connectivity index (χ4n) is 1.08. The fourth-order valence-corrected chi connectivity index (χ4v) is 1.51. The predicted molar refractivity (Wildman–Crippen MR) is 64.8 cm³/mol. The molecule has 0 aliphatic rings. The van der Waals surface area contributed by atoms with Crippen molar-refractivity contribution in [3.05, 3.63) is 34.1 Å². The zero-order valence-electron chi connectivity index (χ0n) is 9.38. The number of primary amides is 1. The van der Waals surface area contributed by atoms with Gasteiger partial charge in [0.15, 0.2) is 0 Å². The molecule has 1 aromatic rings. The molecule has 0 saturated carbocycles. The van der Waals surface area contributed by atoms with Crippen LogP contribution in [0.5, 0.6) is 0 Å². The van der Waals surface area contributed by atoms with Gasteiger partial charge in [-0.1, -0.05) is 0 Å². The number of hydrogen-bond acceptors (Lipinski definition) is 2. The molecule has 0 aliphatic heterocycles. The Balaban J connectivity index is 2.98. The minimum absolute atomic E-state index is 0.110. The third-order valence-electron chi connectivity index (χ3n) is 2.22. The van der Waals surface area contributed by atoms with E-state index in [1.807, 2.05) is 0 Å². The van der Waals surface area contributed by atoms with E-state index < -0.39 is 23.2 Å². The Labute approximate surface area is 107 Å². The van der Waals surface area contributed by atoms with Gasteiger partial charge in [0, 0.05) is 4.47 Å². The Morgan fingerprint density at radius 3 is 2.53 bits per heavy atom. The third kappa shape index (κ3) is 3.26. The topological polar surface area (TPSA) is 72.2 Å². The molecular weight excluding hydrogens is 291 g/mol. The van der Waals surface area contributed by atoms with Crippen molar-refractivity contribution in [2.75, 3.05) is 0 Å². The maximum atomic E-state index is 13.0. The molecule has 4 nitrogen and oxygen atoms in total. The molecule has 0 bridgehead atoms. The first-order valence-electron chi connectivity index (χ1n) is 4.81. The Morgan fingerprint density at radius 2 is 2.00 bits per heavy atom. The summed E-state index contributed by atoms with van der Waals surface area (Å²) in [5.74, 6) is -1.77. The van der Waals surface area contributed by atoms with Gasteiger partial charge in [0.1, 0.15) is 11.4 Å². The molecule has 2 amide bonds. The van der Waals surface area contributed by atoms with Gasteiger partial charge in [-0.05, 0) is 48.0 Å². The number of carbonyl (C=O) groups is 2. The van der Waals surface area contributed by atoms with E-state index in [1.54, 1.807) is 0 Å². The van der Waals surface area contributed by atoms with Gasteiger partial charge in [0.25, 0.3) is 5.91 Å². The highest BCUT2D eigenvalue weighted by Crippen LogP contribution is 2.18. The van der Waals surface area contributed by atoms with Crippen molar-refractivity contribution in [2.45, 2.75) is 19.4 Å². The highest BCUT2D eigenvalue weighted by Gasteiger charge is 2.28. The van der Waals surface area contributed by atoms with Crippen LogP contribution in [0.3, 0.4) is 0 Å². The summed E-state index contributed by atoms with van der Waals surface area (Å²) in [5, 5.41) is 2.43. The van der Waals surface area contributed by atoms with E-state index in [0.717, 1.165) is 6.07 Å². The molecule has 0 radical (unpaired) electrons. The lowest BCUT2D eigenvalue weighted by molar-refractivity contribution is -0.122. The largest absolute Gasteiger partial charge is 0.368 e. The number of rotatable bonds is 3. The minimum Gasteiger partial charge on any atom is -0.368 e. The molecule has 0 aliphatic carbocycles. The van der Waals surface area contributed by atoms with Crippen molar-refractivity contribution in [3.63, 3.8) is 0 Å². The van der Waals surface area contributed by atoms with E-state index in [2.05, 4.69) is 21.2 Å². The summed E-state index contributed by atoms with van der Waals surface area (Å²) in [6.45, 7) is 2.95. The summed E-state index contributed by atoms with van der Waals surface area (Å²) in [6.07, 6.45) is 0. The number of nitrogens with one attached hydrogen (secondary N) is 1. The maximum absolute atomic E-state index is 13.0. The zero-order chi connectivity index (χ0) is 13.2. The zero-order valence-corrected chi connectivity index (χ0v) is 11.0. The highest BCUT2D eigenvalue weighted by atomic mass is 79.9. The Kier molecular flexibility index (Phi) is 3.87. The summed E-state index contributed by atoms with van der Waals surface area (Å²) in [7, 11) is 0. The van der Waals surface area contributed by atoms with Crippen LogP contribution in [0.2, 0.25) is 0 Å². The number of halogens is 2. The van der Waals surface area contributed by atoms with Crippen LogP contribution in [-0.2, 0) is 4.79 Å². The fraction of sp³-hybridized carbons (Fsp3) is 0.273. The molecule has 0 spiro atoms. The molecule has 0 aromatic heterocycles. The Bertz CT molecular complexity index is 475. The molecule has 6 heteroatoms. The van der Waals surface area contributed by atoms with Crippen LogP contribution < -0.4 is 11.1 Å². The summed E-state index contributed by atoms with van der Waals surface area (Å²) in [4.78, 5) is 22.9. The van der Waals surface area contributed by atoms with Crippen molar-refractivity contribution in [1.29, 1.82) is 0 Å². The summed E-state index contributed by atoms with van der Waals surface area (Å²) in [6, 6.07) is 3.72. The van der Waals surface area contributed by atoms with Crippen LogP contribution in [0.15, 0.2) is 22.7 Å². The number of carbonyl (C=O) groups excluding carboxylic acids is 2. The number of nitrogens with two attached hydrogens (primary N) is 1. The quantitative estimate of drug-likeness (QED) is 0.890. The molecule has 0 unspecified atom stereocenters. The van der Waals surface area contributed by atoms with Gasteiger partial charge in [0.05, 0.1) is 5.56 Å². The van der Waals surface area contributed by atoms with Gasteiger partial charge in [-0.25, -0.2) is 4.39 Å². The van der Waals surface area contributed by atoms with E-state index >= 15 is 0 Å². The second kappa shape index (κ2) is 4.83. The van der Waals surface area contributed by atoms with Gasteiger partial charge >= 0.3 is 0 Å². The highest BCUT2D eigenvalue weighted by molar-refractivity contribution is 9.10. The average Bonchev–Trinajstić information content (AvgIpc) is 2.20. The predicted octanol–water partition coefficient (Wildman–Crippen LogP) is 1.58. The molecule has 0 heterocycles. The molecule has 1 rings (SSSR count). The SMILES string of the molecule is CC(C)(NC(=O)c1cc(F)ccc1Br)C(N)=O. The molecule has 0 saturated heterocycles. The second-order valence-electron chi connectivity index (χ2n) is 4.07. The monoisotopic (exact) mass is 302 g/mol. The van der Waals surface area contributed by atoms with Crippen LogP contribution in [0.1, 0.15) is 24.2 Å². The van der Waals surface area contributed by atoms with Crippen LogP contribution >= 0.6 is 15.9 Å². The summed E-state index contributed by atoms with van der Waals surface area (Å²) in [5.41, 5.74) is 4.04. The molecule has 17 heavy (non-hydrogen) atoms.